The lowest BCUT2D eigenvalue weighted by Crippen LogP contribution is -2.38. The molecule has 1 atom stereocenters. The fourth-order valence-electron chi connectivity index (χ4n) is 2.70. The van der Waals surface area contributed by atoms with E-state index in [0.29, 0.717) is 17.9 Å². The van der Waals surface area contributed by atoms with Gasteiger partial charge in [0.1, 0.15) is 11.5 Å². The van der Waals surface area contributed by atoms with Gasteiger partial charge in [0.15, 0.2) is 16.4 Å². The van der Waals surface area contributed by atoms with Crippen molar-refractivity contribution in [2.75, 3.05) is 18.1 Å². The van der Waals surface area contributed by atoms with Crippen LogP contribution in [0.15, 0.2) is 54.6 Å². The second-order valence-electron chi connectivity index (χ2n) is 6.19. The molecule has 0 bridgehead atoms. The molecular weight excluding hydrogens is 370 g/mol. The highest BCUT2D eigenvalue weighted by Crippen LogP contribution is 2.22. The minimum Gasteiger partial charge on any atom is -0.457 e. The Hall–Kier alpha value is -2.87. The van der Waals surface area contributed by atoms with Crippen molar-refractivity contribution in [3.63, 3.8) is 0 Å². The summed E-state index contributed by atoms with van der Waals surface area (Å²) in [5.41, 5.74) is 0.250. The summed E-state index contributed by atoms with van der Waals surface area (Å²) < 4.78 is 33.4. The Balaban J connectivity index is 1.52. The summed E-state index contributed by atoms with van der Waals surface area (Å²) in [6.45, 7) is -0.473. The molecule has 1 amide bonds. The highest BCUT2D eigenvalue weighted by atomic mass is 32.2. The predicted octanol–water partition coefficient (Wildman–Crippen LogP) is 1.94. The SMILES string of the molecule is O=C(COC(=O)c1cccc(Oc2ccccc2)c1)NC1CCS(=O)(=O)C1. The largest absolute Gasteiger partial charge is 0.457 e. The van der Waals surface area contributed by atoms with Crippen molar-refractivity contribution in [2.24, 2.45) is 0 Å². The first-order valence-corrected chi connectivity index (χ1v) is 10.2. The van der Waals surface area contributed by atoms with E-state index < -0.39 is 34.4 Å². The fraction of sp³-hybridized carbons (Fsp3) is 0.263. The van der Waals surface area contributed by atoms with Crippen molar-refractivity contribution in [1.29, 1.82) is 0 Å². The van der Waals surface area contributed by atoms with Crippen LogP contribution in [-0.4, -0.2) is 44.4 Å². The number of carbonyl (C=O) groups is 2. The van der Waals surface area contributed by atoms with E-state index >= 15 is 0 Å². The normalized spacial score (nSPS) is 17.9. The van der Waals surface area contributed by atoms with Gasteiger partial charge in [-0.2, -0.15) is 0 Å². The van der Waals surface area contributed by atoms with Crippen molar-refractivity contribution >= 4 is 21.7 Å². The monoisotopic (exact) mass is 389 g/mol. The molecule has 142 valence electrons. The second-order valence-corrected chi connectivity index (χ2v) is 8.42. The molecule has 2 aromatic rings. The van der Waals surface area contributed by atoms with Crippen LogP contribution in [0.4, 0.5) is 0 Å². The lowest BCUT2D eigenvalue weighted by molar-refractivity contribution is -0.124. The standard InChI is InChI=1S/C19H19NO6S/c21-18(20-15-9-10-27(23,24)13-15)12-25-19(22)14-5-4-8-17(11-14)26-16-6-2-1-3-7-16/h1-8,11,15H,9-10,12-13H2,(H,20,21). The number of hydrogen-bond donors (Lipinski definition) is 1. The van der Waals surface area contributed by atoms with E-state index in [-0.39, 0.29) is 17.1 Å². The maximum absolute atomic E-state index is 12.1. The van der Waals surface area contributed by atoms with Crippen LogP contribution in [0.25, 0.3) is 0 Å². The molecule has 0 saturated carbocycles. The summed E-state index contributed by atoms with van der Waals surface area (Å²) in [6, 6.07) is 15.1. The van der Waals surface area contributed by atoms with Gasteiger partial charge in [-0.15, -0.1) is 0 Å². The third-order valence-electron chi connectivity index (χ3n) is 3.98. The molecular formula is C19H19NO6S. The maximum Gasteiger partial charge on any atom is 0.338 e. The van der Waals surface area contributed by atoms with Gasteiger partial charge in [0.2, 0.25) is 0 Å². The summed E-state index contributed by atoms with van der Waals surface area (Å²) in [6.07, 6.45) is 0.376. The molecule has 1 unspecified atom stereocenters. The Labute approximate surface area is 157 Å². The zero-order valence-corrected chi connectivity index (χ0v) is 15.3. The minimum absolute atomic E-state index is 0.0614. The molecule has 1 N–H and O–H groups in total. The molecule has 0 radical (unpaired) electrons. The van der Waals surface area contributed by atoms with Crippen LogP contribution in [-0.2, 0) is 19.4 Å². The average Bonchev–Trinajstić information content (AvgIpc) is 2.99. The van der Waals surface area contributed by atoms with Gasteiger partial charge in [0.05, 0.1) is 17.1 Å². The number of ether oxygens (including phenoxy) is 2. The summed E-state index contributed by atoms with van der Waals surface area (Å²) in [5.74, 6) is -0.104. The van der Waals surface area contributed by atoms with Crippen molar-refractivity contribution in [3.05, 3.63) is 60.2 Å². The number of amides is 1. The average molecular weight is 389 g/mol. The summed E-state index contributed by atoms with van der Waals surface area (Å²) >= 11 is 0. The molecule has 7 nitrogen and oxygen atoms in total. The molecule has 1 aliphatic rings. The van der Waals surface area contributed by atoms with Crippen LogP contribution in [0.2, 0.25) is 0 Å². The third kappa shape index (κ3) is 5.55. The first-order chi connectivity index (χ1) is 12.9. The Kier molecular flexibility index (Phi) is 5.75. The molecule has 27 heavy (non-hydrogen) atoms. The second kappa shape index (κ2) is 8.22. The number of para-hydroxylation sites is 1. The zero-order chi connectivity index (χ0) is 19.3. The molecule has 1 saturated heterocycles. The highest BCUT2D eigenvalue weighted by molar-refractivity contribution is 7.91. The minimum atomic E-state index is -3.08. The Bertz CT molecular complexity index is 926. The van der Waals surface area contributed by atoms with Crippen molar-refractivity contribution in [1.82, 2.24) is 5.32 Å². The number of benzene rings is 2. The lowest BCUT2D eigenvalue weighted by atomic mass is 10.2. The van der Waals surface area contributed by atoms with Crippen LogP contribution >= 0.6 is 0 Å². The van der Waals surface area contributed by atoms with Gasteiger partial charge in [0, 0.05) is 6.04 Å². The maximum atomic E-state index is 12.1. The molecule has 1 fully saturated rings. The van der Waals surface area contributed by atoms with E-state index in [4.69, 9.17) is 9.47 Å². The molecule has 0 aliphatic carbocycles. The Morgan fingerprint density at radius 2 is 1.78 bits per heavy atom. The first-order valence-electron chi connectivity index (χ1n) is 8.41. The smallest absolute Gasteiger partial charge is 0.338 e. The van der Waals surface area contributed by atoms with Gasteiger partial charge >= 0.3 is 5.97 Å². The molecule has 0 aromatic heterocycles. The molecule has 8 heteroatoms. The van der Waals surface area contributed by atoms with E-state index in [1.54, 1.807) is 30.3 Å². The van der Waals surface area contributed by atoms with Gasteiger partial charge in [-0.3, -0.25) is 4.79 Å². The number of sulfone groups is 1. The van der Waals surface area contributed by atoms with Crippen LogP contribution in [0.1, 0.15) is 16.8 Å². The van der Waals surface area contributed by atoms with Crippen LogP contribution < -0.4 is 10.1 Å². The lowest BCUT2D eigenvalue weighted by Gasteiger charge is -2.11. The van der Waals surface area contributed by atoms with E-state index in [2.05, 4.69) is 5.32 Å². The molecule has 1 heterocycles. The van der Waals surface area contributed by atoms with E-state index in [1.807, 2.05) is 18.2 Å². The molecule has 2 aromatic carbocycles. The third-order valence-corrected chi connectivity index (χ3v) is 5.75. The number of esters is 1. The van der Waals surface area contributed by atoms with Crippen LogP contribution in [0.5, 0.6) is 11.5 Å². The number of nitrogens with one attached hydrogen (secondary N) is 1. The highest BCUT2D eigenvalue weighted by Gasteiger charge is 2.29. The van der Waals surface area contributed by atoms with Gasteiger partial charge in [0.25, 0.3) is 5.91 Å². The van der Waals surface area contributed by atoms with Gasteiger partial charge < -0.3 is 14.8 Å². The summed E-state index contributed by atoms with van der Waals surface area (Å²) in [4.78, 5) is 24.0. The summed E-state index contributed by atoms with van der Waals surface area (Å²) in [5, 5.41) is 2.57. The van der Waals surface area contributed by atoms with Crippen molar-refractivity contribution in [3.8, 4) is 11.5 Å². The van der Waals surface area contributed by atoms with E-state index in [9.17, 15) is 18.0 Å². The molecule has 3 rings (SSSR count). The van der Waals surface area contributed by atoms with Crippen molar-refractivity contribution < 1.29 is 27.5 Å². The Morgan fingerprint density at radius 1 is 1.04 bits per heavy atom. The van der Waals surface area contributed by atoms with Gasteiger partial charge in [-0.05, 0) is 36.8 Å². The molecule has 0 spiro atoms. The van der Waals surface area contributed by atoms with Crippen LogP contribution in [0, 0.1) is 0 Å². The number of rotatable bonds is 6. The summed E-state index contributed by atoms with van der Waals surface area (Å²) in [7, 11) is -3.08. The number of hydrogen-bond acceptors (Lipinski definition) is 6. The van der Waals surface area contributed by atoms with Crippen molar-refractivity contribution in [2.45, 2.75) is 12.5 Å². The van der Waals surface area contributed by atoms with Gasteiger partial charge in [-0.25, -0.2) is 13.2 Å². The van der Waals surface area contributed by atoms with Gasteiger partial charge in [-0.1, -0.05) is 24.3 Å². The first kappa shape index (κ1) is 18.9. The van der Waals surface area contributed by atoms with Crippen LogP contribution in [0.3, 0.4) is 0 Å². The Morgan fingerprint density at radius 3 is 2.48 bits per heavy atom. The number of carbonyl (C=O) groups excluding carboxylic acids is 2. The van der Waals surface area contributed by atoms with E-state index in [1.165, 1.54) is 6.07 Å². The van der Waals surface area contributed by atoms with E-state index in [0.717, 1.165) is 0 Å². The fourth-order valence-corrected chi connectivity index (χ4v) is 4.38. The molecule has 1 aliphatic heterocycles. The quantitative estimate of drug-likeness (QED) is 0.758. The topological polar surface area (TPSA) is 98.8 Å². The zero-order valence-electron chi connectivity index (χ0n) is 14.5. The predicted molar refractivity (Wildman–Crippen MR) is 98.4 cm³/mol.